The number of rotatable bonds is 6. The molecule has 1 saturated heterocycles. The highest BCUT2D eigenvalue weighted by molar-refractivity contribution is 5.83. The lowest BCUT2D eigenvalue weighted by Crippen LogP contribution is -2.36. The summed E-state index contributed by atoms with van der Waals surface area (Å²) in [6.45, 7) is 0.416. The molecule has 3 heterocycles. The monoisotopic (exact) mass is 337 g/mol. The van der Waals surface area contributed by atoms with E-state index in [4.69, 9.17) is 18.9 Å². The van der Waals surface area contributed by atoms with Gasteiger partial charge in [-0.3, -0.25) is 4.57 Å². The number of hydrogen-bond acceptors (Lipinski definition) is 8. The van der Waals surface area contributed by atoms with Gasteiger partial charge < -0.3 is 23.8 Å². The number of ether oxygens (including phenoxy) is 4. The Labute approximate surface area is 140 Å². The molecule has 2 aromatic heterocycles. The van der Waals surface area contributed by atoms with Crippen molar-refractivity contribution < 1.29 is 18.9 Å². The lowest BCUT2D eigenvalue weighted by atomic mass is 10.1. The maximum Gasteiger partial charge on any atom is 0.167 e. The number of hydrogen-bond donors (Lipinski definition) is 0. The Morgan fingerprint density at radius 2 is 1.88 bits per heavy atom. The van der Waals surface area contributed by atoms with E-state index in [1.54, 1.807) is 27.7 Å². The molecular weight excluding hydrogens is 314 g/mol. The van der Waals surface area contributed by atoms with E-state index in [0.29, 0.717) is 17.8 Å². The lowest BCUT2D eigenvalue weighted by molar-refractivity contribution is -0.0636. The van der Waals surface area contributed by atoms with Gasteiger partial charge in [-0.05, 0) is 0 Å². The molecule has 1 aliphatic heterocycles. The van der Waals surface area contributed by atoms with Gasteiger partial charge in [0.1, 0.15) is 24.6 Å². The van der Waals surface area contributed by atoms with Crippen LogP contribution in [-0.4, -0.2) is 79.9 Å². The molecule has 0 aromatic carbocycles. The van der Waals surface area contributed by atoms with E-state index >= 15 is 0 Å². The molecule has 0 N–H and O–H groups in total. The highest BCUT2D eigenvalue weighted by atomic mass is 16.6. The van der Waals surface area contributed by atoms with Crippen LogP contribution < -0.4 is 4.90 Å². The fourth-order valence-electron chi connectivity index (χ4n) is 3.12. The zero-order valence-corrected chi connectivity index (χ0v) is 14.5. The second kappa shape index (κ2) is 6.98. The maximum absolute atomic E-state index is 6.14. The molecule has 3 rings (SSSR count). The minimum atomic E-state index is -0.407. The fourth-order valence-corrected chi connectivity index (χ4v) is 3.12. The van der Waals surface area contributed by atoms with E-state index in [-0.39, 0.29) is 18.3 Å². The summed E-state index contributed by atoms with van der Waals surface area (Å²) in [6, 6.07) is 0. The van der Waals surface area contributed by atoms with Gasteiger partial charge in [-0.15, -0.1) is 0 Å². The molecule has 9 nitrogen and oxygen atoms in total. The summed E-state index contributed by atoms with van der Waals surface area (Å²) in [5, 5.41) is 0. The third-order valence-corrected chi connectivity index (χ3v) is 4.20. The van der Waals surface area contributed by atoms with Crippen LogP contribution in [0, 0.1) is 0 Å². The Hall–Kier alpha value is -1.81. The van der Waals surface area contributed by atoms with E-state index < -0.39 is 6.23 Å². The predicted molar refractivity (Wildman–Crippen MR) is 87.0 cm³/mol. The first-order chi connectivity index (χ1) is 11.6. The van der Waals surface area contributed by atoms with Crippen molar-refractivity contribution in [3.63, 3.8) is 0 Å². The van der Waals surface area contributed by atoms with E-state index in [1.807, 2.05) is 23.6 Å². The summed E-state index contributed by atoms with van der Waals surface area (Å²) < 4.78 is 24.5. The summed E-state index contributed by atoms with van der Waals surface area (Å²) >= 11 is 0. The van der Waals surface area contributed by atoms with Gasteiger partial charge in [0.05, 0.1) is 12.9 Å². The quantitative estimate of drug-likeness (QED) is 0.752. The van der Waals surface area contributed by atoms with Gasteiger partial charge in [-0.1, -0.05) is 0 Å². The SMILES string of the molecule is COC[C@@H]1O[C@@H](n2cnc3c(N(C)C)ncnc32)[C@H](OC)[C@@H]1OC. The number of aromatic nitrogens is 4. The standard InChI is InChI=1S/C15H23N5O4/c1-19(2)13-10-14(17-7-16-13)20(8-18-10)15-12(23-5)11(22-4)9(24-15)6-21-3/h7-9,11-12,15H,6H2,1-5H3/t9-,11+,12+,15+/m0/s1. The van der Waals surface area contributed by atoms with Crippen molar-refractivity contribution in [3.05, 3.63) is 12.7 Å². The normalized spacial score (nSPS) is 27.0. The predicted octanol–water partition coefficient (Wildman–Crippen LogP) is 0.466. The molecule has 24 heavy (non-hydrogen) atoms. The van der Waals surface area contributed by atoms with Crippen molar-refractivity contribution >= 4 is 17.0 Å². The van der Waals surface area contributed by atoms with Crippen LogP contribution in [0.15, 0.2) is 12.7 Å². The van der Waals surface area contributed by atoms with Gasteiger partial charge in [-0.25, -0.2) is 15.0 Å². The number of imidazole rings is 1. The van der Waals surface area contributed by atoms with Crippen molar-refractivity contribution in [2.24, 2.45) is 0 Å². The first kappa shape index (κ1) is 17.0. The van der Waals surface area contributed by atoms with Crippen molar-refractivity contribution in [1.82, 2.24) is 19.5 Å². The Balaban J connectivity index is 2.01. The smallest absolute Gasteiger partial charge is 0.167 e. The third kappa shape index (κ3) is 2.73. The van der Waals surface area contributed by atoms with Crippen molar-refractivity contribution in [1.29, 1.82) is 0 Å². The Morgan fingerprint density at radius 1 is 1.12 bits per heavy atom. The molecule has 0 spiro atoms. The van der Waals surface area contributed by atoms with Gasteiger partial charge in [-0.2, -0.15) is 0 Å². The second-order valence-electron chi connectivity index (χ2n) is 5.84. The van der Waals surface area contributed by atoms with Crippen molar-refractivity contribution in [3.8, 4) is 0 Å². The topological polar surface area (TPSA) is 83.8 Å². The fraction of sp³-hybridized carbons (Fsp3) is 0.667. The summed E-state index contributed by atoms with van der Waals surface area (Å²) in [7, 11) is 8.75. The molecule has 132 valence electrons. The van der Waals surface area contributed by atoms with Crippen LogP contribution in [0.1, 0.15) is 6.23 Å². The van der Waals surface area contributed by atoms with E-state index in [1.165, 1.54) is 6.33 Å². The molecule has 0 unspecified atom stereocenters. The molecule has 0 aliphatic carbocycles. The first-order valence-electron chi connectivity index (χ1n) is 7.67. The molecule has 1 aliphatic rings. The lowest BCUT2D eigenvalue weighted by Gasteiger charge is -2.22. The highest BCUT2D eigenvalue weighted by Crippen LogP contribution is 2.35. The molecule has 0 amide bonds. The number of nitrogens with zero attached hydrogens (tertiary/aromatic N) is 5. The Bertz CT molecular complexity index is 692. The third-order valence-electron chi connectivity index (χ3n) is 4.20. The summed E-state index contributed by atoms with van der Waals surface area (Å²) in [6.07, 6.45) is 2.04. The molecule has 0 radical (unpaired) electrons. The van der Waals surface area contributed by atoms with Crippen LogP contribution in [0.5, 0.6) is 0 Å². The van der Waals surface area contributed by atoms with Gasteiger partial charge in [0, 0.05) is 35.4 Å². The largest absolute Gasteiger partial charge is 0.382 e. The molecule has 1 fully saturated rings. The molecule has 0 saturated carbocycles. The second-order valence-corrected chi connectivity index (χ2v) is 5.84. The summed E-state index contributed by atoms with van der Waals surface area (Å²) in [5.41, 5.74) is 1.40. The minimum Gasteiger partial charge on any atom is -0.382 e. The number of anilines is 1. The molecular formula is C15H23N5O4. The minimum absolute atomic E-state index is 0.234. The van der Waals surface area contributed by atoms with E-state index in [9.17, 15) is 0 Å². The van der Waals surface area contributed by atoms with Crippen molar-refractivity contribution in [2.45, 2.75) is 24.5 Å². The average molecular weight is 337 g/mol. The van der Waals surface area contributed by atoms with E-state index in [2.05, 4.69) is 15.0 Å². The van der Waals surface area contributed by atoms with Gasteiger partial charge >= 0.3 is 0 Å². The van der Waals surface area contributed by atoms with Gasteiger partial charge in [0.2, 0.25) is 0 Å². The van der Waals surface area contributed by atoms with Crippen molar-refractivity contribution in [2.75, 3.05) is 46.9 Å². The number of fused-ring (bicyclic) bond motifs is 1. The van der Waals surface area contributed by atoms with Crippen LogP contribution in [0.4, 0.5) is 5.82 Å². The number of methoxy groups -OCH3 is 3. The van der Waals surface area contributed by atoms with Crippen LogP contribution >= 0.6 is 0 Å². The van der Waals surface area contributed by atoms with Crippen LogP contribution in [0.25, 0.3) is 11.2 Å². The van der Waals surface area contributed by atoms with Crippen LogP contribution in [0.3, 0.4) is 0 Å². The molecule has 0 bridgehead atoms. The Morgan fingerprint density at radius 3 is 2.50 bits per heavy atom. The maximum atomic E-state index is 6.14. The van der Waals surface area contributed by atoms with Gasteiger partial charge in [0.25, 0.3) is 0 Å². The van der Waals surface area contributed by atoms with Crippen LogP contribution in [-0.2, 0) is 18.9 Å². The summed E-state index contributed by atoms with van der Waals surface area (Å²) in [5.74, 6) is 0.752. The molecule has 9 heteroatoms. The highest BCUT2D eigenvalue weighted by Gasteiger charge is 2.46. The average Bonchev–Trinajstić information content (AvgIpc) is 3.15. The molecule has 4 atom stereocenters. The zero-order chi connectivity index (χ0) is 17.3. The summed E-state index contributed by atoms with van der Waals surface area (Å²) in [4.78, 5) is 15.0. The molecule has 2 aromatic rings. The van der Waals surface area contributed by atoms with Crippen LogP contribution in [0.2, 0.25) is 0 Å². The Kier molecular flexibility index (Phi) is 4.95. The van der Waals surface area contributed by atoms with Gasteiger partial charge in [0.15, 0.2) is 23.2 Å². The first-order valence-corrected chi connectivity index (χ1v) is 7.67. The zero-order valence-electron chi connectivity index (χ0n) is 14.5. The van der Waals surface area contributed by atoms with E-state index in [0.717, 1.165) is 5.82 Å².